The summed E-state index contributed by atoms with van der Waals surface area (Å²) in [6.45, 7) is 0.0518. The van der Waals surface area contributed by atoms with Crippen LogP contribution in [0.15, 0.2) is 42.6 Å². The van der Waals surface area contributed by atoms with Crippen LogP contribution in [0.4, 0.5) is 11.8 Å². The number of aliphatic hydroxyl groups excluding tert-OH is 1. The largest absolute Gasteiger partial charge is 0.394 e. The Morgan fingerprint density at radius 3 is 2.60 bits per heavy atom. The van der Waals surface area contributed by atoms with E-state index in [0.29, 0.717) is 5.95 Å². The van der Waals surface area contributed by atoms with Crippen molar-refractivity contribution in [2.75, 3.05) is 30.9 Å². The molecule has 0 aliphatic carbocycles. The number of anilines is 2. The summed E-state index contributed by atoms with van der Waals surface area (Å²) in [5.74, 6) is 1.37. The van der Waals surface area contributed by atoms with Crippen molar-refractivity contribution in [3.63, 3.8) is 0 Å². The van der Waals surface area contributed by atoms with Gasteiger partial charge in [0.05, 0.1) is 12.6 Å². The molecule has 2 aromatic rings. The van der Waals surface area contributed by atoms with Gasteiger partial charge in [-0.05, 0) is 18.1 Å². The molecule has 0 amide bonds. The molecule has 1 aromatic carbocycles. The lowest BCUT2D eigenvalue weighted by atomic mass is 10.1. The Kier molecular flexibility index (Phi) is 4.90. The molecule has 1 atom stereocenters. The van der Waals surface area contributed by atoms with E-state index in [1.807, 2.05) is 37.2 Å². The van der Waals surface area contributed by atoms with Crippen LogP contribution in [0, 0.1) is 0 Å². The smallest absolute Gasteiger partial charge is 0.226 e. The second-order valence-electron chi connectivity index (χ2n) is 4.85. The van der Waals surface area contributed by atoms with E-state index >= 15 is 0 Å². The first-order valence-corrected chi connectivity index (χ1v) is 6.60. The fraction of sp³-hybridized carbons (Fsp3) is 0.333. The summed E-state index contributed by atoms with van der Waals surface area (Å²) in [6, 6.07) is 11.8. The van der Waals surface area contributed by atoms with E-state index in [1.165, 1.54) is 5.56 Å². The van der Waals surface area contributed by atoms with Crippen LogP contribution in [0.25, 0.3) is 0 Å². The van der Waals surface area contributed by atoms with Crippen LogP contribution in [0.5, 0.6) is 0 Å². The van der Waals surface area contributed by atoms with Gasteiger partial charge in [-0.2, -0.15) is 4.98 Å². The van der Waals surface area contributed by atoms with Gasteiger partial charge in [-0.25, -0.2) is 4.98 Å². The predicted molar refractivity (Wildman–Crippen MR) is 81.0 cm³/mol. The fourth-order valence-corrected chi connectivity index (χ4v) is 1.91. The molecular formula is C15H20N4O. The average Bonchev–Trinajstić information content (AvgIpc) is 2.48. The van der Waals surface area contributed by atoms with Crippen LogP contribution in [0.2, 0.25) is 0 Å². The zero-order valence-electron chi connectivity index (χ0n) is 11.8. The zero-order chi connectivity index (χ0) is 14.4. The minimum Gasteiger partial charge on any atom is -0.394 e. The maximum Gasteiger partial charge on any atom is 0.226 e. The number of aliphatic hydroxyl groups is 1. The van der Waals surface area contributed by atoms with Crippen molar-refractivity contribution < 1.29 is 5.11 Å². The molecule has 0 saturated heterocycles. The number of hydrogen-bond acceptors (Lipinski definition) is 5. The van der Waals surface area contributed by atoms with E-state index in [4.69, 9.17) is 0 Å². The molecular weight excluding hydrogens is 252 g/mol. The summed E-state index contributed by atoms with van der Waals surface area (Å²) in [7, 11) is 3.79. The summed E-state index contributed by atoms with van der Waals surface area (Å²) in [4.78, 5) is 10.4. The Hall–Kier alpha value is -2.14. The van der Waals surface area contributed by atoms with Crippen molar-refractivity contribution in [1.82, 2.24) is 9.97 Å². The van der Waals surface area contributed by atoms with Gasteiger partial charge in [-0.15, -0.1) is 0 Å². The van der Waals surface area contributed by atoms with Crippen LogP contribution in [0.1, 0.15) is 5.56 Å². The van der Waals surface area contributed by atoms with Crippen molar-refractivity contribution in [3.8, 4) is 0 Å². The maximum atomic E-state index is 9.51. The standard InChI is InChI=1S/C15H20N4O/c1-19(2)15-16-9-8-14(18-15)17-13(11-20)10-12-6-4-3-5-7-12/h3-9,13,20H,10-11H2,1-2H3,(H,16,17,18). The molecule has 106 valence electrons. The number of nitrogens with zero attached hydrogens (tertiary/aromatic N) is 3. The molecule has 2 rings (SSSR count). The van der Waals surface area contributed by atoms with Crippen molar-refractivity contribution in [2.24, 2.45) is 0 Å². The Morgan fingerprint density at radius 1 is 1.20 bits per heavy atom. The first-order chi connectivity index (χ1) is 9.69. The summed E-state index contributed by atoms with van der Waals surface area (Å²) >= 11 is 0. The SMILES string of the molecule is CN(C)c1nccc(NC(CO)Cc2ccccc2)n1. The van der Waals surface area contributed by atoms with E-state index in [-0.39, 0.29) is 12.6 Å². The Balaban J connectivity index is 2.04. The van der Waals surface area contributed by atoms with Gasteiger partial charge in [-0.3, -0.25) is 0 Å². The highest BCUT2D eigenvalue weighted by Gasteiger charge is 2.10. The Morgan fingerprint density at radius 2 is 1.95 bits per heavy atom. The molecule has 1 unspecified atom stereocenters. The predicted octanol–water partition coefficient (Wildman–Crippen LogP) is 1.56. The van der Waals surface area contributed by atoms with E-state index in [9.17, 15) is 5.11 Å². The lowest BCUT2D eigenvalue weighted by Crippen LogP contribution is -2.27. The minimum atomic E-state index is -0.0673. The molecule has 5 nitrogen and oxygen atoms in total. The molecule has 0 bridgehead atoms. The average molecular weight is 272 g/mol. The molecule has 1 aromatic heterocycles. The van der Waals surface area contributed by atoms with Crippen LogP contribution in [0.3, 0.4) is 0 Å². The Labute approximate surface area is 119 Å². The molecule has 0 spiro atoms. The van der Waals surface area contributed by atoms with Crippen LogP contribution in [-0.2, 0) is 6.42 Å². The summed E-state index contributed by atoms with van der Waals surface area (Å²) < 4.78 is 0. The summed E-state index contributed by atoms with van der Waals surface area (Å²) in [5, 5.41) is 12.8. The van der Waals surface area contributed by atoms with Crippen molar-refractivity contribution in [2.45, 2.75) is 12.5 Å². The van der Waals surface area contributed by atoms with Crippen LogP contribution < -0.4 is 10.2 Å². The second kappa shape index (κ2) is 6.86. The summed E-state index contributed by atoms with van der Waals surface area (Å²) in [6.07, 6.45) is 2.46. The number of aromatic nitrogens is 2. The van der Waals surface area contributed by atoms with Gasteiger partial charge in [0, 0.05) is 20.3 Å². The third kappa shape index (κ3) is 3.93. The zero-order valence-corrected chi connectivity index (χ0v) is 11.8. The van der Waals surface area contributed by atoms with Crippen molar-refractivity contribution in [3.05, 3.63) is 48.2 Å². The van der Waals surface area contributed by atoms with Gasteiger partial charge in [-0.1, -0.05) is 30.3 Å². The normalized spacial score (nSPS) is 11.9. The third-order valence-corrected chi connectivity index (χ3v) is 2.94. The lowest BCUT2D eigenvalue weighted by Gasteiger charge is -2.18. The highest BCUT2D eigenvalue weighted by molar-refractivity contribution is 5.41. The number of rotatable bonds is 6. The highest BCUT2D eigenvalue weighted by atomic mass is 16.3. The second-order valence-corrected chi connectivity index (χ2v) is 4.85. The topological polar surface area (TPSA) is 61.3 Å². The quantitative estimate of drug-likeness (QED) is 0.835. The Bertz CT molecular complexity index is 530. The monoisotopic (exact) mass is 272 g/mol. The molecule has 0 saturated carbocycles. The van der Waals surface area contributed by atoms with E-state index in [2.05, 4.69) is 27.4 Å². The lowest BCUT2D eigenvalue weighted by molar-refractivity contribution is 0.273. The molecule has 1 heterocycles. The van der Waals surface area contributed by atoms with E-state index in [1.54, 1.807) is 12.3 Å². The van der Waals surface area contributed by atoms with Gasteiger partial charge in [0.2, 0.25) is 5.95 Å². The summed E-state index contributed by atoms with van der Waals surface area (Å²) in [5.41, 5.74) is 1.18. The van der Waals surface area contributed by atoms with Crippen molar-refractivity contribution in [1.29, 1.82) is 0 Å². The van der Waals surface area contributed by atoms with Crippen molar-refractivity contribution >= 4 is 11.8 Å². The molecule has 2 N–H and O–H groups in total. The maximum absolute atomic E-state index is 9.51. The van der Waals surface area contributed by atoms with Gasteiger partial charge < -0.3 is 15.3 Å². The number of hydrogen-bond donors (Lipinski definition) is 2. The third-order valence-electron chi connectivity index (χ3n) is 2.94. The number of benzene rings is 1. The number of nitrogens with one attached hydrogen (secondary N) is 1. The minimum absolute atomic E-state index is 0.0518. The molecule has 0 fully saturated rings. The van der Waals surface area contributed by atoms with Gasteiger partial charge in [0.25, 0.3) is 0 Å². The molecule has 0 aliphatic rings. The highest BCUT2D eigenvalue weighted by Crippen LogP contribution is 2.11. The van der Waals surface area contributed by atoms with Crippen LogP contribution >= 0.6 is 0 Å². The first-order valence-electron chi connectivity index (χ1n) is 6.60. The molecule has 20 heavy (non-hydrogen) atoms. The molecule has 0 aliphatic heterocycles. The van der Waals surface area contributed by atoms with Gasteiger partial charge in [0.1, 0.15) is 5.82 Å². The van der Waals surface area contributed by atoms with E-state index < -0.39 is 0 Å². The fourth-order valence-electron chi connectivity index (χ4n) is 1.91. The van der Waals surface area contributed by atoms with Gasteiger partial charge in [0.15, 0.2) is 0 Å². The molecule has 0 radical (unpaired) electrons. The van der Waals surface area contributed by atoms with Gasteiger partial charge >= 0.3 is 0 Å². The molecule has 5 heteroatoms. The first kappa shape index (κ1) is 14.3. The van der Waals surface area contributed by atoms with Crippen LogP contribution in [-0.4, -0.2) is 41.8 Å². The van der Waals surface area contributed by atoms with E-state index in [0.717, 1.165) is 12.2 Å².